The Labute approximate surface area is 163 Å². The van der Waals surface area contributed by atoms with E-state index >= 15 is 0 Å². The van der Waals surface area contributed by atoms with Crippen LogP contribution >= 0.6 is 0 Å². The van der Waals surface area contributed by atoms with Crippen LogP contribution < -0.4 is 0 Å². The van der Waals surface area contributed by atoms with E-state index in [1.54, 1.807) is 0 Å². The van der Waals surface area contributed by atoms with Gasteiger partial charge in [0.25, 0.3) is 0 Å². The summed E-state index contributed by atoms with van der Waals surface area (Å²) < 4.78 is 4.96. The summed E-state index contributed by atoms with van der Waals surface area (Å²) in [5, 5.41) is 0. The second-order valence-corrected chi connectivity index (χ2v) is 7.37. The number of hydrogen-bond donors (Lipinski definition) is 0. The zero-order valence-corrected chi connectivity index (χ0v) is 17.5. The zero-order chi connectivity index (χ0) is 19.1. The molecule has 0 aliphatic carbocycles. The molecule has 2 heteroatoms. The maximum atomic E-state index is 10.9. The molecule has 0 unspecified atom stereocenters. The Morgan fingerprint density at radius 3 is 1.58 bits per heavy atom. The van der Waals surface area contributed by atoms with Gasteiger partial charge in [0, 0.05) is 6.08 Å². The van der Waals surface area contributed by atoms with E-state index in [4.69, 9.17) is 4.74 Å². The summed E-state index contributed by atoms with van der Waals surface area (Å²) in [6.07, 6.45) is 28.4. The van der Waals surface area contributed by atoms with E-state index in [-0.39, 0.29) is 5.97 Å². The fourth-order valence-corrected chi connectivity index (χ4v) is 3.11. The molecule has 0 aromatic carbocycles. The largest absolute Gasteiger partial charge is 0.463 e. The number of carbonyl (C=O) groups excluding carboxylic acids is 1. The molecule has 0 saturated carbocycles. The van der Waals surface area contributed by atoms with Crippen LogP contribution in [-0.2, 0) is 9.53 Å². The highest BCUT2D eigenvalue weighted by Gasteiger charge is 1.96. The summed E-state index contributed by atoms with van der Waals surface area (Å²) in [5.41, 5.74) is 0. The Morgan fingerprint density at radius 1 is 0.692 bits per heavy atom. The highest BCUT2D eigenvalue weighted by molar-refractivity contribution is 5.81. The Balaban J connectivity index is 3.08. The second-order valence-electron chi connectivity index (χ2n) is 7.37. The summed E-state index contributed by atoms with van der Waals surface area (Å²) in [4.78, 5) is 10.9. The van der Waals surface area contributed by atoms with Crippen LogP contribution in [0.15, 0.2) is 24.8 Å². The van der Waals surface area contributed by atoms with Gasteiger partial charge in [0.1, 0.15) is 0 Å². The van der Waals surface area contributed by atoms with Crippen LogP contribution in [0.3, 0.4) is 0 Å². The van der Waals surface area contributed by atoms with Gasteiger partial charge in [-0.2, -0.15) is 0 Å². The SMILES string of the molecule is C=CC(=O)OCCCCCCCCCCCC/C=C/CCCCCCC. The van der Waals surface area contributed by atoms with E-state index in [1.807, 2.05) is 0 Å². The number of hydrogen-bond acceptors (Lipinski definition) is 2. The van der Waals surface area contributed by atoms with Crippen LogP contribution in [0.5, 0.6) is 0 Å². The summed E-state index contributed by atoms with van der Waals surface area (Å²) in [6, 6.07) is 0. The van der Waals surface area contributed by atoms with Crippen molar-refractivity contribution < 1.29 is 9.53 Å². The molecule has 26 heavy (non-hydrogen) atoms. The molecular formula is C24H44O2. The van der Waals surface area contributed by atoms with Gasteiger partial charge in [-0.05, 0) is 32.1 Å². The van der Waals surface area contributed by atoms with Crippen molar-refractivity contribution in [3.8, 4) is 0 Å². The van der Waals surface area contributed by atoms with Gasteiger partial charge in [0.05, 0.1) is 6.61 Å². The smallest absolute Gasteiger partial charge is 0.330 e. The van der Waals surface area contributed by atoms with Crippen molar-refractivity contribution in [2.75, 3.05) is 6.61 Å². The van der Waals surface area contributed by atoms with Crippen molar-refractivity contribution in [3.05, 3.63) is 24.8 Å². The quantitative estimate of drug-likeness (QED) is 0.0948. The summed E-state index contributed by atoms with van der Waals surface area (Å²) in [7, 11) is 0. The van der Waals surface area contributed by atoms with Crippen LogP contribution in [-0.4, -0.2) is 12.6 Å². The molecule has 0 aromatic heterocycles. The number of unbranched alkanes of at least 4 members (excludes halogenated alkanes) is 15. The zero-order valence-electron chi connectivity index (χ0n) is 17.5. The molecule has 2 nitrogen and oxygen atoms in total. The van der Waals surface area contributed by atoms with Crippen LogP contribution in [0.25, 0.3) is 0 Å². The molecule has 0 saturated heterocycles. The Bertz CT molecular complexity index is 333. The predicted octanol–water partition coefficient (Wildman–Crippen LogP) is 7.92. The molecule has 0 aliphatic rings. The number of rotatable bonds is 20. The highest BCUT2D eigenvalue weighted by Crippen LogP contribution is 2.12. The molecule has 0 bridgehead atoms. The van der Waals surface area contributed by atoms with E-state index in [0.717, 1.165) is 12.8 Å². The van der Waals surface area contributed by atoms with Crippen LogP contribution in [0, 0.1) is 0 Å². The Hall–Kier alpha value is -1.05. The second kappa shape index (κ2) is 22.0. The molecule has 0 spiro atoms. The van der Waals surface area contributed by atoms with Crippen LogP contribution in [0.1, 0.15) is 116 Å². The first kappa shape index (κ1) is 24.9. The molecule has 0 N–H and O–H groups in total. The minimum absolute atomic E-state index is 0.303. The van der Waals surface area contributed by atoms with E-state index in [1.165, 1.54) is 102 Å². The number of carbonyl (C=O) groups is 1. The molecule has 0 fully saturated rings. The normalized spacial score (nSPS) is 11.1. The molecule has 0 aliphatic heterocycles. The summed E-state index contributed by atoms with van der Waals surface area (Å²) in [5.74, 6) is -0.303. The topological polar surface area (TPSA) is 26.3 Å². The maximum Gasteiger partial charge on any atom is 0.330 e. The molecule has 0 aromatic rings. The lowest BCUT2D eigenvalue weighted by molar-refractivity contribution is -0.137. The van der Waals surface area contributed by atoms with Gasteiger partial charge < -0.3 is 4.74 Å². The molecule has 0 amide bonds. The lowest BCUT2D eigenvalue weighted by Gasteiger charge is -2.03. The van der Waals surface area contributed by atoms with Gasteiger partial charge in [-0.3, -0.25) is 0 Å². The number of allylic oxidation sites excluding steroid dienone is 2. The average Bonchev–Trinajstić information content (AvgIpc) is 2.66. The van der Waals surface area contributed by atoms with Gasteiger partial charge >= 0.3 is 5.97 Å². The van der Waals surface area contributed by atoms with Gasteiger partial charge in [-0.25, -0.2) is 4.79 Å². The fourth-order valence-electron chi connectivity index (χ4n) is 3.11. The van der Waals surface area contributed by atoms with Gasteiger partial charge in [0.15, 0.2) is 0 Å². The maximum absolute atomic E-state index is 10.9. The minimum atomic E-state index is -0.303. The molecular weight excluding hydrogens is 320 g/mol. The monoisotopic (exact) mass is 364 g/mol. The third kappa shape index (κ3) is 21.0. The van der Waals surface area contributed by atoms with Crippen molar-refractivity contribution in [3.63, 3.8) is 0 Å². The first-order valence-corrected chi connectivity index (χ1v) is 11.3. The average molecular weight is 365 g/mol. The Morgan fingerprint density at radius 2 is 1.12 bits per heavy atom. The first-order chi connectivity index (χ1) is 12.8. The molecule has 0 atom stereocenters. The highest BCUT2D eigenvalue weighted by atomic mass is 16.5. The summed E-state index contributed by atoms with van der Waals surface area (Å²) >= 11 is 0. The standard InChI is InChI=1S/C24H44O2/c1-3-5-6-7-8-9-10-11-12-13-14-15-16-17-18-19-20-21-22-23-26-24(25)4-2/h4,10-11H,2-3,5-9,12-23H2,1H3/b11-10+. The van der Waals surface area contributed by atoms with Crippen molar-refractivity contribution in [2.24, 2.45) is 0 Å². The number of ether oxygens (including phenoxy) is 1. The lowest BCUT2D eigenvalue weighted by Crippen LogP contribution is -2.01. The molecule has 0 radical (unpaired) electrons. The third-order valence-corrected chi connectivity index (χ3v) is 4.82. The van der Waals surface area contributed by atoms with E-state index in [2.05, 4.69) is 25.7 Å². The van der Waals surface area contributed by atoms with Crippen molar-refractivity contribution in [2.45, 2.75) is 116 Å². The van der Waals surface area contributed by atoms with Gasteiger partial charge in [0.2, 0.25) is 0 Å². The van der Waals surface area contributed by atoms with Crippen molar-refractivity contribution in [1.82, 2.24) is 0 Å². The summed E-state index contributed by atoms with van der Waals surface area (Å²) in [6.45, 7) is 6.20. The van der Waals surface area contributed by atoms with Crippen molar-refractivity contribution in [1.29, 1.82) is 0 Å². The van der Waals surface area contributed by atoms with Gasteiger partial charge in [-0.1, -0.05) is 103 Å². The Kier molecular flexibility index (Phi) is 21.1. The molecule has 0 rings (SSSR count). The first-order valence-electron chi connectivity index (χ1n) is 11.3. The number of esters is 1. The predicted molar refractivity (Wildman–Crippen MR) is 114 cm³/mol. The van der Waals surface area contributed by atoms with E-state index < -0.39 is 0 Å². The minimum Gasteiger partial charge on any atom is -0.463 e. The third-order valence-electron chi connectivity index (χ3n) is 4.82. The van der Waals surface area contributed by atoms with Crippen LogP contribution in [0.4, 0.5) is 0 Å². The molecule has 0 heterocycles. The molecule has 152 valence electrons. The van der Waals surface area contributed by atoms with E-state index in [9.17, 15) is 4.79 Å². The fraction of sp³-hybridized carbons (Fsp3) is 0.792. The van der Waals surface area contributed by atoms with Crippen LogP contribution in [0.2, 0.25) is 0 Å². The van der Waals surface area contributed by atoms with E-state index in [0.29, 0.717) is 6.61 Å². The lowest BCUT2D eigenvalue weighted by atomic mass is 10.1. The van der Waals surface area contributed by atoms with Crippen molar-refractivity contribution >= 4 is 5.97 Å². The van der Waals surface area contributed by atoms with Gasteiger partial charge in [-0.15, -0.1) is 0 Å².